The zero-order chi connectivity index (χ0) is 20.8. The monoisotopic (exact) mass is 444 g/mol. The first kappa shape index (κ1) is 31.5. The normalized spacial score (nSPS) is 11.6. The average Bonchev–Trinajstić information content (AvgIpc) is 2.68. The van der Waals surface area contributed by atoms with E-state index in [1.54, 1.807) is 0 Å². The lowest BCUT2D eigenvalue weighted by Crippen LogP contribution is -2.45. The molecule has 3 nitrogen and oxygen atoms in total. The Morgan fingerprint density at radius 3 is 0.966 bits per heavy atom. The van der Waals surface area contributed by atoms with Crippen LogP contribution in [0, 0.1) is 0 Å². The Morgan fingerprint density at radius 1 is 0.414 bits per heavy atom. The van der Waals surface area contributed by atoms with E-state index in [0.29, 0.717) is 19.8 Å². The Bertz CT molecular complexity index is 287. The summed E-state index contributed by atoms with van der Waals surface area (Å²) >= 11 is 0. The standard InChI is InChI=1S/C24H52O3Si.Si/c1-5-9-10-11-12-13-14-15-16-17-18-19-20-21-22-23-24-28(25-6-2,26-7-3)27-8-4;/h5-24H2,1-4H3;. The third kappa shape index (κ3) is 20.0. The summed E-state index contributed by atoms with van der Waals surface area (Å²) < 4.78 is 17.8. The van der Waals surface area contributed by atoms with E-state index in [9.17, 15) is 0 Å². The Labute approximate surface area is 189 Å². The first-order valence-electron chi connectivity index (χ1n) is 12.7. The molecule has 0 aliphatic carbocycles. The summed E-state index contributed by atoms with van der Waals surface area (Å²) in [6.45, 7) is 10.5. The van der Waals surface area contributed by atoms with Crippen molar-refractivity contribution in [1.82, 2.24) is 0 Å². The van der Waals surface area contributed by atoms with Crippen molar-refractivity contribution in [2.24, 2.45) is 0 Å². The van der Waals surface area contributed by atoms with Gasteiger partial charge in [-0.25, -0.2) is 0 Å². The number of rotatable bonds is 23. The fraction of sp³-hybridized carbons (Fsp3) is 1.00. The van der Waals surface area contributed by atoms with Crippen LogP contribution in [0.4, 0.5) is 0 Å². The van der Waals surface area contributed by atoms with Crippen molar-refractivity contribution in [2.75, 3.05) is 19.8 Å². The molecule has 0 fully saturated rings. The van der Waals surface area contributed by atoms with Gasteiger partial charge in [0.25, 0.3) is 0 Å². The second-order valence-corrected chi connectivity index (χ2v) is 10.8. The van der Waals surface area contributed by atoms with Crippen LogP contribution < -0.4 is 0 Å². The van der Waals surface area contributed by atoms with Crippen LogP contribution in [0.3, 0.4) is 0 Å². The highest BCUT2D eigenvalue weighted by Crippen LogP contribution is 2.21. The summed E-state index contributed by atoms with van der Waals surface area (Å²) in [5.41, 5.74) is 0. The maximum Gasteiger partial charge on any atom is 0.500 e. The van der Waals surface area contributed by atoms with Gasteiger partial charge in [-0.2, -0.15) is 0 Å². The zero-order valence-corrected chi connectivity index (χ0v) is 22.4. The molecule has 0 aromatic rings. The van der Waals surface area contributed by atoms with Gasteiger partial charge in [0.2, 0.25) is 0 Å². The Kier molecular flexibility index (Phi) is 26.7. The molecule has 29 heavy (non-hydrogen) atoms. The minimum absolute atomic E-state index is 0. The molecule has 0 aromatic heterocycles. The van der Waals surface area contributed by atoms with Gasteiger partial charge >= 0.3 is 8.80 Å². The molecule has 4 radical (unpaired) electrons. The molecule has 0 aromatic carbocycles. The van der Waals surface area contributed by atoms with E-state index in [1.165, 1.54) is 103 Å². The third-order valence-corrected chi connectivity index (χ3v) is 8.58. The fourth-order valence-electron chi connectivity index (χ4n) is 3.89. The molecule has 5 heteroatoms. The van der Waals surface area contributed by atoms with E-state index in [2.05, 4.69) is 6.92 Å². The Hall–Kier alpha value is 0.314. The lowest BCUT2D eigenvalue weighted by atomic mass is 10.0. The first-order chi connectivity index (χ1) is 13.7. The molecule has 0 saturated heterocycles. The van der Waals surface area contributed by atoms with Crippen molar-refractivity contribution in [1.29, 1.82) is 0 Å². The van der Waals surface area contributed by atoms with Crippen molar-refractivity contribution in [3.63, 3.8) is 0 Å². The van der Waals surface area contributed by atoms with Crippen LogP contribution in [-0.4, -0.2) is 39.6 Å². The molecule has 0 amide bonds. The van der Waals surface area contributed by atoms with Crippen LogP contribution in [0.15, 0.2) is 0 Å². The second-order valence-electron chi connectivity index (χ2n) is 8.04. The lowest BCUT2D eigenvalue weighted by Gasteiger charge is -2.28. The predicted molar refractivity (Wildman–Crippen MR) is 131 cm³/mol. The summed E-state index contributed by atoms with van der Waals surface area (Å²) in [5.74, 6) is 0. The van der Waals surface area contributed by atoms with E-state index < -0.39 is 8.80 Å². The highest BCUT2D eigenvalue weighted by molar-refractivity contribution is 6.60. The Balaban J connectivity index is 0. The maximum atomic E-state index is 5.93. The second kappa shape index (κ2) is 24.6. The highest BCUT2D eigenvalue weighted by Gasteiger charge is 2.39. The molecule has 0 aliphatic heterocycles. The summed E-state index contributed by atoms with van der Waals surface area (Å²) in [5, 5.41) is 0. The maximum absolute atomic E-state index is 5.93. The number of unbranched alkanes of at least 4 members (excludes halogenated alkanes) is 15. The largest absolute Gasteiger partial charge is 0.500 e. The van der Waals surface area contributed by atoms with E-state index in [4.69, 9.17) is 13.3 Å². The van der Waals surface area contributed by atoms with E-state index in [0.717, 1.165) is 6.04 Å². The average molecular weight is 445 g/mol. The number of hydrogen-bond acceptors (Lipinski definition) is 3. The number of hydrogen-bond donors (Lipinski definition) is 0. The molecule has 0 rings (SSSR count). The van der Waals surface area contributed by atoms with Crippen molar-refractivity contribution < 1.29 is 13.3 Å². The van der Waals surface area contributed by atoms with E-state index in [-0.39, 0.29) is 11.0 Å². The summed E-state index contributed by atoms with van der Waals surface area (Å²) in [4.78, 5) is 0. The molecule has 174 valence electrons. The molecule has 0 bridgehead atoms. The topological polar surface area (TPSA) is 27.7 Å². The van der Waals surface area contributed by atoms with Crippen LogP contribution in [0.2, 0.25) is 6.04 Å². The molecule has 0 saturated carbocycles. The fourth-order valence-corrected chi connectivity index (χ4v) is 6.58. The van der Waals surface area contributed by atoms with Crippen molar-refractivity contribution in [3.05, 3.63) is 0 Å². The van der Waals surface area contributed by atoms with E-state index in [1.807, 2.05) is 20.8 Å². The van der Waals surface area contributed by atoms with E-state index >= 15 is 0 Å². The molecular formula is C24H52O3Si2. The van der Waals surface area contributed by atoms with Crippen LogP contribution in [0.5, 0.6) is 0 Å². The van der Waals surface area contributed by atoms with Crippen molar-refractivity contribution in [3.8, 4) is 0 Å². The van der Waals surface area contributed by atoms with Gasteiger partial charge in [-0.1, -0.05) is 103 Å². The van der Waals surface area contributed by atoms with Gasteiger partial charge in [-0.15, -0.1) is 0 Å². The van der Waals surface area contributed by atoms with Gasteiger partial charge in [-0.05, 0) is 27.2 Å². The molecule has 0 aliphatic rings. The minimum atomic E-state index is -2.40. The quantitative estimate of drug-likeness (QED) is 0.118. The van der Waals surface area contributed by atoms with Crippen LogP contribution in [0.1, 0.15) is 130 Å². The summed E-state index contributed by atoms with van der Waals surface area (Å²) in [6.07, 6.45) is 22.4. The van der Waals surface area contributed by atoms with Gasteiger partial charge < -0.3 is 13.3 Å². The van der Waals surface area contributed by atoms with Crippen molar-refractivity contribution in [2.45, 2.75) is 136 Å². The molecule has 0 spiro atoms. The summed E-state index contributed by atoms with van der Waals surface area (Å²) in [6, 6.07) is 0.973. The predicted octanol–water partition coefficient (Wildman–Crippen LogP) is 7.92. The van der Waals surface area contributed by atoms with Crippen LogP contribution in [-0.2, 0) is 13.3 Å². The third-order valence-electron chi connectivity index (χ3n) is 5.43. The van der Waals surface area contributed by atoms with Gasteiger partial charge in [0.15, 0.2) is 0 Å². The molecule has 0 heterocycles. The highest BCUT2D eigenvalue weighted by atomic mass is 28.4. The van der Waals surface area contributed by atoms with Gasteiger partial charge in [0, 0.05) is 36.8 Å². The summed E-state index contributed by atoms with van der Waals surface area (Å²) in [7, 11) is -2.40. The van der Waals surface area contributed by atoms with Gasteiger partial charge in [0.1, 0.15) is 0 Å². The van der Waals surface area contributed by atoms with Crippen molar-refractivity contribution >= 4 is 19.8 Å². The lowest BCUT2D eigenvalue weighted by molar-refractivity contribution is 0.0706. The SMILES string of the molecule is CCCCCCCCCCCCCCCCCC[Si](OCC)(OCC)OCC.[Si]. The molecule has 0 unspecified atom stereocenters. The van der Waals surface area contributed by atoms with Gasteiger partial charge in [0.05, 0.1) is 0 Å². The first-order valence-corrected chi connectivity index (χ1v) is 14.6. The smallest absolute Gasteiger partial charge is 0.374 e. The Morgan fingerprint density at radius 2 is 0.690 bits per heavy atom. The molecule has 0 N–H and O–H groups in total. The van der Waals surface area contributed by atoms with Crippen LogP contribution >= 0.6 is 0 Å². The molecule has 0 atom stereocenters. The zero-order valence-electron chi connectivity index (χ0n) is 20.4. The van der Waals surface area contributed by atoms with Crippen LogP contribution in [0.25, 0.3) is 0 Å². The minimum Gasteiger partial charge on any atom is -0.374 e. The van der Waals surface area contributed by atoms with Gasteiger partial charge in [-0.3, -0.25) is 0 Å². The molecular weight excluding hydrogens is 392 g/mol.